The molecule has 0 spiro atoms. The van der Waals surface area contributed by atoms with Crippen LogP contribution in [0.4, 0.5) is 0 Å². The number of nitrogens with zero attached hydrogens (tertiary/aromatic N) is 2. The third-order valence-electron chi connectivity index (χ3n) is 11.3. The van der Waals surface area contributed by atoms with Crippen LogP contribution < -0.4 is 4.74 Å². The molecule has 6 nitrogen and oxygen atoms in total. The van der Waals surface area contributed by atoms with E-state index in [0.29, 0.717) is 5.75 Å². The van der Waals surface area contributed by atoms with Crippen LogP contribution in [0.15, 0.2) is 190 Å². The summed E-state index contributed by atoms with van der Waals surface area (Å²) < 4.78 is 19.1. The van der Waals surface area contributed by atoms with E-state index < -0.39 is 0 Å². The van der Waals surface area contributed by atoms with Gasteiger partial charge >= 0.3 is 0 Å². The van der Waals surface area contributed by atoms with Crippen molar-refractivity contribution in [1.82, 2.24) is 9.13 Å². The molecule has 6 aromatic carbocycles. The van der Waals surface area contributed by atoms with Gasteiger partial charge in [0.15, 0.2) is 25.7 Å². The van der Waals surface area contributed by atoms with Crippen LogP contribution >= 0.6 is 45.3 Å². The van der Waals surface area contributed by atoms with Crippen molar-refractivity contribution in [1.29, 1.82) is 0 Å². The molecule has 6 aromatic heterocycles. The number of para-hydroxylation sites is 4. The van der Waals surface area contributed by atoms with Gasteiger partial charge in [-0.3, -0.25) is 0 Å². The van der Waals surface area contributed by atoms with E-state index in [1.807, 2.05) is 96.0 Å². The number of ether oxygens (including phenoxy) is 3. The molecule has 0 atom stereocenters. The average Bonchev–Trinajstić information content (AvgIpc) is 4.25. The van der Waals surface area contributed by atoms with Crippen LogP contribution in [0.25, 0.3) is 75.9 Å². The Bertz CT molecular complexity index is 3400. The smallest absolute Gasteiger partial charge is 0.274 e. The van der Waals surface area contributed by atoms with E-state index in [-0.39, 0.29) is 25.8 Å². The maximum absolute atomic E-state index is 11.1. The van der Waals surface area contributed by atoms with Crippen molar-refractivity contribution in [2.75, 3.05) is 21.3 Å². The second kappa shape index (κ2) is 22.1. The zero-order valence-electron chi connectivity index (χ0n) is 37.7. The predicted molar refractivity (Wildman–Crippen MR) is 289 cm³/mol. The summed E-state index contributed by atoms with van der Waals surface area (Å²) in [4.78, 5) is 1.99. The molecule has 0 amide bonds. The molecule has 12 rings (SSSR count). The van der Waals surface area contributed by atoms with Gasteiger partial charge in [-0.15, -0.1) is 69.6 Å². The SMILES string of the molecule is COc1c(-n2c3ccccc3c3ccccc32)csc1-c1cscc1[OH+]C.C[OH+]c1cscc1-c1scc(-n2c3ccccc3c3ccccc32)c1O.[CH2-]c1ccccc1.[CH2-]c1ccccc1.[Hf]. The summed E-state index contributed by atoms with van der Waals surface area (Å²) in [5.41, 5.74) is 10.7. The first kappa shape index (κ1) is 48.0. The third-order valence-corrected chi connectivity index (χ3v) is 14.7. The molecule has 0 fully saturated rings. The molecule has 0 unspecified atom stereocenters. The Kier molecular flexibility index (Phi) is 15.6. The maximum Gasteiger partial charge on any atom is 0.274 e. The molecule has 3 N–H and O–H groups in total. The Morgan fingerprint density at radius 1 is 0.456 bits per heavy atom. The molecule has 68 heavy (non-hydrogen) atoms. The summed E-state index contributed by atoms with van der Waals surface area (Å²) in [6.07, 6.45) is 0. The minimum atomic E-state index is 0. The minimum absolute atomic E-state index is 0. The number of hydrogen-bond acceptors (Lipinski definition) is 6. The average molecular weight is 1130 g/mol. The Morgan fingerprint density at radius 3 is 1.19 bits per heavy atom. The van der Waals surface area contributed by atoms with Gasteiger partial charge < -0.3 is 28.5 Å². The molecule has 0 bridgehead atoms. The first-order valence-corrected chi connectivity index (χ1v) is 25.1. The number of methoxy groups -OCH3 is 1. The van der Waals surface area contributed by atoms with E-state index in [1.54, 1.807) is 59.6 Å². The number of benzene rings is 6. The first-order chi connectivity index (χ1) is 32.9. The molecule has 6 heterocycles. The molecule has 0 aliphatic rings. The van der Waals surface area contributed by atoms with Crippen molar-refractivity contribution in [3.63, 3.8) is 0 Å². The molecule has 0 radical (unpaired) electrons. The molecule has 0 saturated carbocycles. The van der Waals surface area contributed by atoms with Crippen LogP contribution in [0.2, 0.25) is 0 Å². The number of fused-ring (bicyclic) bond motifs is 6. The number of rotatable bonds is 7. The largest absolute Gasteiger partial charge is 0.584 e. The zero-order chi connectivity index (χ0) is 46.3. The van der Waals surface area contributed by atoms with Crippen molar-refractivity contribution in [2.24, 2.45) is 0 Å². The van der Waals surface area contributed by atoms with Crippen molar-refractivity contribution in [3.8, 4) is 55.3 Å². The standard InChI is InChI=1S/C22H17NO2S2.C21H15NO2S2.2C7H7.Hf/c1-24-20-13-26-11-16(20)22-21(25-2)19(12-27-22)23-17-9-5-3-7-14(17)15-8-4-6-10-18(15)23;1-24-19-12-25-10-15(19)21-20(23)18(11-26-21)22-16-8-4-2-6-13(16)14-7-3-5-9-17(14)22;2*1-7-5-3-2-4-6-7;/h3-13H,1-2H3;2-12,23H,1H3;2*2-6H,1H2;/q;;2*-1;/p+2. The van der Waals surface area contributed by atoms with Gasteiger partial charge in [0.1, 0.15) is 16.8 Å². The first-order valence-electron chi connectivity index (χ1n) is 21.4. The van der Waals surface area contributed by atoms with Crippen LogP contribution in [-0.4, -0.2) is 45.0 Å². The van der Waals surface area contributed by atoms with Gasteiger partial charge in [-0.25, -0.2) is 0 Å². The maximum atomic E-state index is 11.1. The van der Waals surface area contributed by atoms with Crippen LogP contribution in [0.1, 0.15) is 11.1 Å². The fourth-order valence-electron chi connectivity index (χ4n) is 8.15. The normalized spacial score (nSPS) is 10.6. The van der Waals surface area contributed by atoms with E-state index >= 15 is 0 Å². The number of hydrogen-bond donors (Lipinski definition) is 1. The van der Waals surface area contributed by atoms with E-state index in [4.69, 9.17) is 4.74 Å². The summed E-state index contributed by atoms with van der Waals surface area (Å²) >= 11 is 6.53. The number of aromatic hydroxyl groups is 3. The van der Waals surface area contributed by atoms with E-state index in [1.165, 1.54) is 32.6 Å². The Balaban J connectivity index is 0.000000142. The van der Waals surface area contributed by atoms with Crippen LogP contribution in [0.5, 0.6) is 23.0 Å². The molecule has 12 aromatic rings. The molecule has 11 heteroatoms. The Labute approximate surface area is 431 Å². The van der Waals surface area contributed by atoms with Gasteiger partial charge in [0.05, 0.1) is 55.4 Å². The molecule has 338 valence electrons. The van der Waals surface area contributed by atoms with Crippen molar-refractivity contribution in [3.05, 3.63) is 215 Å². The molecule has 0 aliphatic carbocycles. The van der Waals surface area contributed by atoms with Crippen LogP contribution in [-0.2, 0) is 25.8 Å². The predicted octanol–water partition coefficient (Wildman–Crippen LogP) is 16.3. The number of thiophene rings is 4. The molecule has 0 aliphatic heterocycles. The van der Waals surface area contributed by atoms with Gasteiger partial charge in [-0.05, 0) is 24.3 Å². The van der Waals surface area contributed by atoms with Gasteiger partial charge in [-0.1, -0.05) is 84.9 Å². The summed E-state index contributed by atoms with van der Waals surface area (Å²) in [6, 6.07) is 53.5. The van der Waals surface area contributed by atoms with Crippen molar-refractivity contribution >= 4 is 89.0 Å². The summed E-state index contributed by atoms with van der Waals surface area (Å²) in [5, 5.41) is 28.4. The minimum Gasteiger partial charge on any atom is -0.584 e. The number of aliphatic hydroxyl groups is 2. The quantitative estimate of drug-likeness (QED) is 0.0982. The van der Waals surface area contributed by atoms with Gasteiger partial charge in [0.2, 0.25) is 0 Å². The summed E-state index contributed by atoms with van der Waals surface area (Å²) in [5.74, 6) is 3.13. The van der Waals surface area contributed by atoms with E-state index in [0.717, 1.165) is 71.7 Å². The van der Waals surface area contributed by atoms with Gasteiger partial charge in [0, 0.05) is 68.9 Å². The molecular weight excluding hydrogens is 1080 g/mol. The Hall–Kier alpha value is -6.47. The second-order valence-corrected chi connectivity index (χ2v) is 18.5. The van der Waals surface area contributed by atoms with E-state index in [9.17, 15) is 5.11 Å². The number of aromatic nitrogens is 2. The zero-order valence-corrected chi connectivity index (χ0v) is 44.5. The fourth-order valence-corrected chi connectivity index (χ4v) is 11.9. The van der Waals surface area contributed by atoms with Crippen molar-refractivity contribution < 1.29 is 45.2 Å². The van der Waals surface area contributed by atoms with E-state index in [2.05, 4.69) is 134 Å². The van der Waals surface area contributed by atoms with Gasteiger partial charge in [-0.2, -0.15) is 49.2 Å². The Morgan fingerprint density at radius 2 is 0.809 bits per heavy atom. The monoisotopic (exact) mass is 1130 g/mol. The summed E-state index contributed by atoms with van der Waals surface area (Å²) in [6.45, 7) is 7.44. The summed E-state index contributed by atoms with van der Waals surface area (Å²) in [7, 11) is 5.36. The fraction of sp³-hybridized carbons (Fsp3) is 0.0526. The second-order valence-electron chi connectivity index (χ2n) is 15.3. The van der Waals surface area contributed by atoms with Crippen LogP contribution in [0, 0.1) is 13.8 Å². The third kappa shape index (κ3) is 9.63. The molecular formula is C57H48HfN2O4S4. The van der Waals surface area contributed by atoms with Crippen LogP contribution in [0.3, 0.4) is 0 Å². The van der Waals surface area contributed by atoms with Crippen molar-refractivity contribution in [2.45, 2.75) is 0 Å². The van der Waals surface area contributed by atoms with Gasteiger partial charge in [0.25, 0.3) is 11.5 Å². The molecule has 0 saturated heterocycles. The topological polar surface area (TPSA) is 64.9 Å².